The van der Waals surface area contributed by atoms with Crippen molar-refractivity contribution in [3.8, 4) is 11.4 Å². The van der Waals surface area contributed by atoms with Crippen LogP contribution < -0.4 is 5.32 Å². The average Bonchev–Trinajstić information content (AvgIpc) is 3.35. The fourth-order valence-electron chi connectivity index (χ4n) is 3.43. The van der Waals surface area contributed by atoms with Gasteiger partial charge in [0, 0.05) is 23.9 Å². The minimum Gasteiger partial charge on any atom is -0.352 e. The van der Waals surface area contributed by atoms with E-state index in [4.69, 9.17) is 0 Å². The van der Waals surface area contributed by atoms with Gasteiger partial charge in [-0.15, -0.1) is 10.2 Å². The van der Waals surface area contributed by atoms with E-state index in [1.54, 1.807) is 6.07 Å². The Morgan fingerprint density at radius 1 is 1.08 bits per heavy atom. The largest absolute Gasteiger partial charge is 0.352 e. The Balaban J connectivity index is 1.40. The molecule has 6 nitrogen and oxygen atoms in total. The Morgan fingerprint density at radius 2 is 1.88 bits per heavy atom. The fraction of sp³-hybridized carbons (Fsp3) is 0.350. The minimum atomic E-state index is -0.0572. The van der Waals surface area contributed by atoms with E-state index in [1.807, 2.05) is 47.0 Å². The van der Waals surface area contributed by atoms with E-state index >= 15 is 0 Å². The summed E-state index contributed by atoms with van der Waals surface area (Å²) in [4.78, 5) is 14.8. The second-order valence-electron chi connectivity index (χ2n) is 6.69. The van der Waals surface area contributed by atoms with Crippen LogP contribution in [0.4, 0.5) is 0 Å². The number of benzene rings is 1. The molecule has 1 aliphatic heterocycles. The molecule has 0 saturated carbocycles. The highest BCUT2D eigenvalue weighted by atomic mass is 16.1. The van der Waals surface area contributed by atoms with Gasteiger partial charge in [0.05, 0.1) is 0 Å². The second kappa shape index (κ2) is 7.66. The molecule has 2 aromatic heterocycles. The molecule has 1 aromatic carbocycles. The summed E-state index contributed by atoms with van der Waals surface area (Å²) in [6.07, 6.45) is 5.44. The molecule has 0 unspecified atom stereocenters. The molecule has 1 saturated heterocycles. The maximum atomic E-state index is 12.4. The molecule has 1 aliphatic rings. The molecule has 3 aromatic rings. The Hall–Kier alpha value is -2.73. The Labute approximate surface area is 152 Å². The number of hydrogen-bond acceptors (Lipinski definition) is 4. The van der Waals surface area contributed by atoms with Gasteiger partial charge in [-0.2, -0.15) is 0 Å². The zero-order chi connectivity index (χ0) is 17.8. The van der Waals surface area contributed by atoms with Crippen LogP contribution in [0.3, 0.4) is 0 Å². The third kappa shape index (κ3) is 3.60. The van der Waals surface area contributed by atoms with Crippen LogP contribution in [0.2, 0.25) is 0 Å². The number of carbonyl (C=O) groups excluding carboxylic acids is 1. The van der Waals surface area contributed by atoms with Gasteiger partial charge in [0.2, 0.25) is 0 Å². The lowest BCUT2D eigenvalue weighted by atomic mass is 10.2. The molecular formula is C20H23N5O. The van der Waals surface area contributed by atoms with Gasteiger partial charge in [-0.1, -0.05) is 30.3 Å². The van der Waals surface area contributed by atoms with Crippen LogP contribution >= 0.6 is 0 Å². The van der Waals surface area contributed by atoms with Gasteiger partial charge in [0.1, 0.15) is 0 Å². The molecule has 1 fully saturated rings. The summed E-state index contributed by atoms with van der Waals surface area (Å²) in [5, 5.41) is 11.5. The van der Waals surface area contributed by atoms with Crippen molar-refractivity contribution in [2.75, 3.05) is 26.2 Å². The number of likely N-dealkylation sites (tertiary alicyclic amines) is 1. The third-order valence-corrected chi connectivity index (χ3v) is 4.84. The van der Waals surface area contributed by atoms with E-state index in [-0.39, 0.29) is 5.91 Å². The molecule has 1 amide bonds. The van der Waals surface area contributed by atoms with Crippen molar-refractivity contribution < 1.29 is 4.79 Å². The van der Waals surface area contributed by atoms with Gasteiger partial charge in [-0.3, -0.25) is 9.20 Å². The zero-order valence-electron chi connectivity index (χ0n) is 14.8. The molecule has 3 heterocycles. The third-order valence-electron chi connectivity index (χ3n) is 4.84. The van der Waals surface area contributed by atoms with E-state index in [0.29, 0.717) is 17.8 Å². The maximum Gasteiger partial charge on any atom is 0.251 e. The summed E-state index contributed by atoms with van der Waals surface area (Å²) in [6.45, 7) is 4.15. The van der Waals surface area contributed by atoms with E-state index < -0.39 is 0 Å². The Morgan fingerprint density at radius 3 is 2.69 bits per heavy atom. The van der Waals surface area contributed by atoms with Gasteiger partial charge in [0.15, 0.2) is 11.5 Å². The highest BCUT2D eigenvalue weighted by molar-refractivity contribution is 5.95. The van der Waals surface area contributed by atoms with Crippen LogP contribution in [0, 0.1) is 0 Å². The molecule has 4 rings (SSSR count). The summed E-state index contributed by atoms with van der Waals surface area (Å²) in [7, 11) is 0. The topological polar surface area (TPSA) is 62.5 Å². The van der Waals surface area contributed by atoms with E-state index in [1.165, 1.54) is 25.9 Å². The molecular weight excluding hydrogens is 326 g/mol. The van der Waals surface area contributed by atoms with Crippen molar-refractivity contribution in [3.63, 3.8) is 0 Å². The summed E-state index contributed by atoms with van der Waals surface area (Å²) in [5.74, 6) is 0.719. The fourth-order valence-corrected chi connectivity index (χ4v) is 3.43. The van der Waals surface area contributed by atoms with Crippen molar-refractivity contribution >= 4 is 11.6 Å². The number of aromatic nitrogens is 3. The lowest BCUT2D eigenvalue weighted by Gasteiger charge is -2.14. The first-order valence-electron chi connectivity index (χ1n) is 9.22. The van der Waals surface area contributed by atoms with Crippen LogP contribution in [-0.4, -0.2) is 51.6 Å². The van der Waals surface area contributed by atoms with Crippen LogP contribution in [-0.2, 0) is 0 Å². The van der Waals surface area contributed by atoms with Gasteiger partial charge >= 0.3 is 0 Å². The smallest absolute Gasteiger partial charge is 0.251 e. The Bertz CT molecular complexity index is 884. The first-order valence-corrected chi connectivity index (χ1v) is 9.22. The van der Waals surface area contributed by atoms with E-state index in [2.05, 4.69) is 20.4 Å². The number of pyridine rings is 1. The highest BCUT2D eigenvalue weighted by Gasteiger charge is 2.13. The van der Waals surface area contributed by atoms with Gasteiger partial charge in [-0.05, 0) is 51.0 Å². The number of carbonyl (C=O) groups is 1. The van der Waals surface area contributed by atoms with Crippen molar-refractivity contribution in [1.82, 2.24) is 24.8 Å². The maximum absolute atomic E-state index is 12.4. The lowest BCUT2D eigenvalue weighted by Crippen LogP contribution is -2.28. The predicted molar refractivity (Wildman–Crippen MR) is 101 cm³/mol. The molecule has 0 bridgehead atoms. The quantitative estimate of drug-likeness (QED) is 0.695. The minimum absolute atomic E-state index is 0.0572. The van der Waals surface area contributed by atoms with Crippen LogP contribution in [0.1, 0.15) is 29.6 Å². The Kier molecular flexibility index (Phi) is 4.93. The van der Waals surface area contributed by atoms with Gasteiger partial charge in [-0.25, -0.2) is 0 Å². The lowest BCUT2D eigenvalue weighted by molar-refractivity contribution is 0.0952. The summed E-state index contributed by atoms with van der Waals surface area (Å²) >= 11 is 0. The van der Waals surface area contributed by atoms with Crippen molar-refractivity contribution in [2.45, 2.75) is 19.3 Å². The number of nitrogens with one attached hydrogen (secondary N) is 1. The first-order chi connectivity index (χ1) is 12.8. The molecule has 0 atom stereocenters. The number of rotatable bonds is 6. The monoisotopic (exact) mass is 349 g/mol. The highest BCUT2D eigenvalue weighted by Crippen LogP contribution is 2.18. The van der Waals surface area contributed by atoms with E-state index in [0.717, 1.165) is 24.4 Å². The number of fused-ring (bicyclic) bond motifs is 1. The van der Waals surface area contributed by atoms with Gasteiger partial charge in [0.25, 0.3) is 5.91 Å². The summed E-state index contributed by atoms with van der Waals surface area (Å²) < 4.78 is 1.90. The zero-order valence-corrected chi connectivity index (χ0v) is 14.8. The number of hydrogen-bond donors (Lipinski definition) is 1. The van der Waals surface area contributed by atoms with Crippen LogP contribution in [0.15, 0.2) is 48.7 Å². The molecule has 1 N–H and O–H groups in total. The molecule has 0 aliphatic carbocycles. The van der Waals surface area contributed by atoms with Crippen LogP contribution in [0.25, 0.3) is 17.0 Å². The standard InChI is InChI=1S/C20H23N5O/c26-20(21-10-6-13-24-11-4-5-12-24)17-9-14-25-18(15-17)22-23-19(25)16-7-2-1-3-8-16/h1-3,7-9,14-15H,4-6,10-13H2,(H,21,26). The van der Waals surface area contributed by atoms with Crippen molar-refractivity contribution in [1.29, 1.82) is 0 Å². The molecule has 0 spiro atoms. The summed E-state index contributed by atoms with van der Waals surface area (Å²) in [6, 6.07) is 13.5. The number of nitrogens with zero attached hydrogens (tertiary/aromatic N) is 4. The molecule has 134 valence electrons. The number of amides is 1. The van der Waals surface area contributed by atoms with Crippen LogP contribution in [0.5, 0.6) is 0 Å². The normalized spacial score (nSPS) is 14.8. The first kappa shape index (κ1) is 16.7. The van der Waals surface area contributed by atoms with E-state index in [9.17, 15) is 4.79 Å². The molecule has 26 heavy (non-hydrogen) atoms. The average molecular weight is 349 g/mol. The summed E-state index contributed by atoms with van der Waals surface area (Å²) in [5.41, 5.74) is 2.29. The second-order valence-corrected chi connectivity index (χ2v) is 6.69. The molecule has 0 radical (unpaired) electrons. The SMILES string of the molecule is O=C(NCCCN1CCCC1)c1ccn2c(-c3ccccc3)nnc2c1. The molecule has 6 heteroatoms. The predicted octanol–water partition coefficient (Wildman–Crippen LogP) is 2.61. The van der Waals surface area contributed by atoms with Gasteiger partial charge < -0.3 is 10.2 Å². The van der Waals surface area contributed by atoms with Crippen molar-refractivity contribution in [3.05, 3.63) is 54.2 Å². The van der Waals surface area contributed by atoms with Crippen molar-refractivity contribution in [2.24, 2.45) is 0 Å².